The number of hydrogen-bond acceptors (Lipinski definition) is 5. The molecule has 0 heterocycles. The molecule has 0 aliphatic carbocycles. The molecule has 0 aliphatic rings. The zero-order valence-corrected chi connectivity index (χ0v) is 14.9. The molecule has 0 fully saturated rings. The number of ether oxygens (including phenoxy) is 1. The van der Waals surface area contributed by atoms with Gasteiger partial charge in [-0.1, -0.05) is 30.3 Å². The Labute approximate surface area is 165 Å². The molecule has 7 heteroatoms. The predicted molar refractivity (Wildman–Crippen MR) is 104 cm³/mol. The van der Waals surface area contributed by atoms with Crippen LogP contribution in [0.5, 0.6) is 5.75 Å². The van der Waals surface area contributed by atoms with Gasteiger partial charge in [0.1, 0.15) is 11.6 Å². The number of non-ortho nitro benzene ring substituents is 1. The van der Waals surface area contributed by atoms with Gasteiger partial charge < -0.3 is 4.74 Å². The first-order valence-electron chi connectivity index (χ1n) is 8.41. The second-order valence-electron chi connectivity index (χ2n) is 5.91. The summed E-state index contributed by atoms with van der Waals surface area (Å²) in [6, 6.07) is 19.3. The molecular weight excluding hydrogens is 375 g/mol. The number of benzene rings is 3. The van der Waals surface area contributed by atoms with Crippen LogP contribution in [-0.4, -0.2) is 10.9 Å². The van der Waals surface area contributed by atoms with Gasteiger partial charge in [-0.2, -0.15) is 5.26 Å². The number of nitro groups is 1. The third kappa shape index (κ3) is 4.70. The van der Waals surface area contributed by atoms with E-state index in [1.807, 2.05) is 6.07 Å². The summed E-state index contributed by atoms with van der Waals surface area (Å²) in [6.07, 6.45) is 1.53. The van der Waals surface area contributed by atoms with Gasteiger partial charge in [0.15, 0.2) is 0 Å². The monoisotopic (exact) mass is 388 g/mol. The van der Waals surface area contributed by atoms with E-state index in [0.29, 0.717) is 5.56 Å². The first kappa shape index (κ1) is 19.5. The number of rotatable bonds is 5. The number of esters is 1. The fourth-order valence-corrected chi connectivity index (χ4v) is 2.53. The van der Waals surface area contributed by atoms with Crippen LogP contribution in [0.25, 0.3) is 11.6 Å². The smallest absolute Gasteiger partial charge is 0.343 e. The lowest BCUT2D eigenvalue weighted by molar-refractivity contribution is -0.384. The third-order valence-electron chi connectivity index (χ3n) is 4.00. The van der Waals surface area contributed by atoms with Crippen LogP contribution in [-0.2, 0) is 0 Å². The fraction of sp³-hybridized carbons (Fsp3) is 0. The van der Waals surface area contributed by atoms with Crippen LogP contribution in [0.2, 0.25) is 0 Å². The Morgan fingerprint density at radius 3 is 2.28 bits per heavy atom. The summed E-state index contributed by atoms with van der Waals surface area (Å²) in [6.45, 7) is 0. The number of nitrogens with zero attached hydrogens (tertiary/aromatic N) is 2. The number of nitriles is 1. The van der Waals surface area contributed by atoms with Crippen LogP contribution in [0.4, 0.5) is 10.1 Å². The molecule has 0 N–H and O–H groups in total. The van der Waals surface area contributed by atoms with Crippen molar-refractivity contribution >= 4 is 23.3 Å². The van der Waals surface area contributed by atoms with Gasteiger partial charge in [0.25, 0.3) is 5.69 Å². The molecule has 0 atom stereocenters. The minimum Gasteiger partial charge on any atom is -0.423 e. The average Bonchev–Trinajstić information content (AvgIpc) is 2.74. The van der Waals surface area contributed by atoms with Crippen LogP contribution in [0, 0.1) is 27.3 Å². The van der Waals surface area contributed by atoms with Crippen LogP contribution < -0.4 is 4.74 Å². The molecule has 0 saturated heterocycles. The van der Waals surface area contributed by atoms with Crippen LogP contribution in [0.1, 0.15) is 21.5 Å². The summed E-state index contributed by atoms with van der Waals surface area (Å²) in [5.41, 5.74) is 1.04. The van der Waals surface area contributed by atoms with Crippen molar-refractivity contribution in [2.45, 2.75) is 0 Å². The standard InChI is InChI=1S/C22H13FN2O4/c23-21-4-2-1-3-20(21)17(14-24)13-15-5-11-19(12-6-15)29-22(26)16-7-9-18(10-8-16)25(27)28/h1-13H/b17-13-. The van der Waals surface area contributed by atoms with Gasteiger partial charge in [0.05, 0.1) is 22.1 Å². The topological polar surface area (TPSA) is 93.2 Å². The molecule has 3 aromatic rings. The van der Waals surface area contributed by atoms with Crippen molar-refractivity contribution in [3.8, 4) is 11.8 Å². The van der Waals surface area contributed by atoms with Crippen molar-refractivity contribution in [1.29, 1.82) is 5.26 Å². The Balaban J connectivity index is 1.74. The predicted octanol–water partition coefficient (Wildman–Crippen LogP) is 5.02. The highest BCUT2D eigenvalue weighted by Crippen LogP contribution is 2.22. The van der Waals surface area contributed by atoms with Gasteiger partial charge in [-0.05, 0) is 42.0 Å². The maximum atomic E-state index is 13.9. The number of halogens is 1. The Morgan fingerprint density at radius 1 is 1.03 bits per heavy atom. The highest BCUT2D eigenvalue weighted by atomic mass is 19.1. The largest absolute Gasteiger partial charge is 0.423 e. The van der Waals surface area contributed by atoms with E-state index < -0.39 is 16.7 Å². The average molecular weight is 388 g/mol. The lowest BCUT2D eigenvalue weighted by Gasteiger charge is -2.05. The first-order chi connectivity index (χ1) is 14.0. The lowest BCUT2D eigenvalue weighted by Crippen LogP contribution is -2.08. The van der Waals surface area contributed by atoms with Crippen molar-refractivity contribution in [1.82, 2.24) is 0 Å². The summed E-state index contributed by atoms with van der Waals surface area (Å²) in [5.74, 6) is -0.892. The Bertz CT molecular complexity index is 1130. The van der Waals surface area contributed by atoms with E-state index >= 15 is 0 Å². The van der Waals surface area contributed by atoms with Gasteiger partial charge in [-0.15, -0.1) is 0 Å². The molecular formula is C22H13FN2O4. The Morgan fingerprint density at radius 2 is 1.69 bits per heavy atom. The van der Waals surface area contributed by atoms with Crippen molar-refractivity contribution in [2.75, 3.05) is 0 Å². The van der Waals surface area contributed by atoms with E-state index in [1.54, 1.807) is 24.3 Å². The quantitative estimate of drug-likeness (QED) is 0.153. The van der Waals surface area contributed by atoms with E-state index in [-0.39, 0.29) is 28.1 Å². The van der Waals surface area contributed by atoms with Crippen molar-refractivity contribution in [2.24, 2.45) is 0 Å². The summed E-state index contributed by atoms with van der Waals surface area (Å²) in [4.78, 5) is 22.2. The number of carbonyl (C=O) groups excluding carboxylic acids is 1. The summed E-state index contributed by atoms with van der Waals surface area (Å²) >= 11 is 0. The molecule has 0 unspecified atom stereocenters. The van der Waals surface area contributed by atoms with Crippen LogP contribution >= 0.6 is 0 Å². The molecule has 0 radical (unpaired) electrons. The molecule has 0 bridgehead atoms. The third-order valence-corrected chi connectivity index (χ3v) is 4.00. The lowest BCUT2D eigenvalue weighted by atomic mass is 10.0. The second-order valence-corrected chi connectivity index (χ2v) is 5.91. The number of allylic oxidation sites excluding steroid dienone is 1. The number of nitro benzene ring substituents is 1. The van der Waals surface area contributed by atoms with Crippen LogP contribution in [0.3, 0.4) is 0 Å². The normalized spacial score (nSPS) is 10.8. The van der Waals surface area contributed by atoms with E-state index in [9.17, 15) is 24.6 Å². The van der Waals surface area contributed by atoms with E-state index in [1.165, 1.54) is 54.6 Å². The molecule has 3 rings (SSSR count). The number of hydrogen-bond donors (Lipinski definition) is 0. The molecule has 0 spiro atoms. The highest BCUT2D eigenvalue weighted by molar-refractivity contribution is 5.92. The molecule has 0 amide bonds. The zero-order chi connectivity index (χ0) is 20.8. The van der Waals surface area contributed by atoms with Crippen LogP contribution in [0.15, 0.2) is 72.8 Å². The van der Waals surface area contributed by atoms with Gasteiger partial charge in [-0.3, -0.25) is 10.1 Å². The molecule has 142 valence electrons. The minimum absolute atomic E-state index is 0.124. The highest BCUT2D eigenvalue weighted by Gasteiger charge is 2.12. The SMILES string of the molecule is N#C/C(=C/c1ccc(OC(=O)c2ccc([N+](=O)[O-])cc2)cc1)c1ccccc1F. The maximum absolute atomic E-state index is 13.9. The Hall–Kier alpha value is -4.31. The van der Waals surface area contributed by atoms with Crippen molar-refractivity contribution in [3.05, 3.63) is 105 Å². The molecule has 29 heavy (non-hydrogen) atoms. The van der Waals surface area contributed by atoms with Gasteiger partial charge in [-0.25, -0.2) is 9.18 Å². The minimum atomic E-state index is -0.660. The summed E-state index contributed by atoms with van der Waals surface area (Å²) in [5, 5.41) is 20.0. The maximum Gasteiger partial charge on any atom is 0.343 e. The zero-order valence-electron chi connectivity index (χ0n) is 14.9. The summed E-state index contributed by atoms with van der Waals surface area (Å²) in [7, 11) is 0. The van der Waals surface area contributed by atoms with Crippen molar-refractivity contribution < 1.29 is 18.8 Å². The fourth-order valence-electron chi connectivity index (χ4n) is 2.53. The molecule has 0 aromatic heterocycles. The molecule has 0 aliphatic heterocycles. The molecule has 6 nitrogen and oxygen atoms in total. The van der Waals surface area contributed by atoms with Gasteiger partial charge in [0.2, 0.25) is 0 Å². The first-order valence-corrected chi connectivity index (χ1v) is 8.41. The molecule has 0 saturated carbocycles. The van der Waals surface area contributed by atoms with E-state index in [2.05, 4.69) is 0 Å². The summed E-state index contributed by atoms with van der Waals surface area (Å²) < 4.78 is 19.1. The van der Waals surface area contributed by atoms with E-state index in [4.69, 9.17) is 4.74 Å². The second kappa shape index (κ2) is 8.59. The molecule has 3 aromatic carbocycles. The number of carbonyl (C=O) groups is 1. The van der Waals surface area contributed by atoms with E-state index in [0.717, 1.165) is 0 Å². The van der Waals surface area contributed by atoms with Gasteiger partial charge >= 0.3 is 5.97 Å². The van der Waals surface area contributed by atoms with Gasteiger partial charge in [0, 0.05) is 17.7 Å². The van der Waals surface area contributed by atoms with Crippen molar-refractivity contribution in [3.63, 3.8) is 0 Å². The Kier molecular flexibility index (Phi) is 5.76.